The third-order valence-electron chi connectivity index (χ3n) is 3.12. The number of halogens is 2. The number of rotatable bonds is 2. The monoisotopic (exact) mass is 342 g/mol. The van der Waals surface area contributed by atoms with Crippen molar-refractivity contribution in [2.45, 2.75) is 6.10 Å². The number of alkyl carbamates (subject to hydrolysis) is 1. The summed E-state index contributed by atoms with van der Waals surface area (Å²) in [5.41, 5.74) is 0.323. The molecule has 6 nitrogen and oxygen atoms in total. The van der Waals surface area contributed by atoms with Crippen LogP contribution in [0.5, 0.6) is 0 Å². The van der Waals surface area contributed by atoms with Crippen LogP contribution in [0.25, 0.3) is 0 Å². The third-order valence-corrected chi connectivity index (χ3v) is 3.72. The lowest BCUT2D eigenvalue weighted by molar-refractivity contribution is -0.114. The number of amides is 2. The summed E-state index contributed by atoms with van der Waals surface area (Å²) in [6.45, 7) is 0.297. The largest absolute Gasteiger partial charge is 0.442 e. The first-order valence-corrected chi connectivity index (χ1v) is 6.56. The van der Waals surface area contributed by atoms with Gasteiger partial charge in [-0.2, -0.15) is 0 Å². The molecule has 104 valence electrons. The van der Waals surface area contributed by atoms with E-state index in [1.54, 1.807) is 0 Å². The van der Waals surface area contributed by atoms with Crippen molar-refractivity contribution < 1.29 is 23.5 Å². The lowest BCUT2D eigenvalue weighted by atomic mass is 10.1. The number of fused-ring (bicyclic) bond motifs is 1. The number of nitrogens with one attached hydrogen (secondary N) is 1. The number of cyclic esters (lactones) is 1. The molecular formula is C12H8BrFN2O4. The van der Waals surface area contributed by atoms with E-state index in [1.165, 1.54) is 11.0 Å². The van der Waals surface area contributed by atoms with Gasteiger partial charge >= 0.3 is 6.09 Å². The van der Waals surface area contributed by atoms with Crippen molar-refractivity contribution in [3.05, 3.63) is 28.0 Å². The highest BCUT2D eigenvalue weighted by molar-refractivity contribution is 9.10. The van der Waals surface area contributed by atoms with E-state index < -0.39 is 29.7 Å². The molecule has 0 aliphatic carbocycles. The first kappa shape index (κ1) is 13.0. The molecule has 0 bridgehead atoms. The van der Waals surface area contributed by atoms with E-state index in [4.69, 9.17) is 4.74 Å². The van der Waals surface area contributed by atoms with Crippen molar-refractivity contribution in [3.8, 4) is 0 Å². The van der Waals surface area contributed by atoms with E-state index in [-0.39, 0.29) is 18.7 Å². The summed E-state index contributed by atoms with van der Waals surface area (Å²) in [6, 6.07) is 2.20. The van der Waals surface area contributed by atoms with Gasteiger partial charge in [-0.1, -0.05) is 0 Å². The Morgan fingerprint density at radius 3 is 2.80 bits per heavy atom. The Kier molecular flexibility index (Phi) is 2.97. The number of nitrogens with zero attached hydrogens (tertiary/aromatic N) is 1. The molecule has 2 aliphatic heterocycles. The summed E-state index contributed by atoms with van der Waals surface area (Å²) in [4.78, 5) is 36.0. The summed E-state index contributed by atoms with van der Waals surface area (Å²) in [6.07, 6.45) is -1.10. The van der Waals surface area contributed by atoms with Crippen molar-refractivity contribution in [2.24, 2.45) is 0 Å². The minimum atomic E-state index is -0.766. The SMILES string of the molecule is O=C1NCC(CN2C(=O)C(=O)c3cc(F)cc(Br)c32)O1. The van der Waals surface area contributed by atoms with Gasteiger partial charge in [-0.05, 0) is 28.1 Å². The van der Waals surface area contributed by atoms with E-state index >= 15 is 0 Å². The number of carbonyl (C=O) groups excluding carboxylic acids is 3. The quantitative estimate of drug-likeness (QED) is 0.820. The van der Waals surface area contributed by atoms with Crippen molar-refractivity contribution in [2.75, 3.05) is 18.0 Å². The Bertz CT molecular complexity index is 649. The van der Waals surface area contributed by atoms with Crippen molar-refractivity contribution in [1.29, 1.82) is 0 Å². The van der Waals surface area contributed by atoms with Gasteiger partial charge in [-0.3, -0.25) is 14.5 Å². The van der Waals surface area contributed by atoms with E-state index in [2.05, 4.69) is 21.2 Å². The first-order chi connectivity index (χ1) is 9.47. The molecule has 0 spiro atoms. The van der Waals surface area contributed by atoms with Gasteiger partial charge in [0.2, 0.25) is 0 Å². The summed E-state index contributed by atoms with van der Waals surface area (Å²) in [5.74, 6) is -2.13. The van der Waals surface area contributed by atoms with Gasteiger partial charge in [0, 0.05) is 4.47 Å². The van der Waals surface area contributed by atoms with Crippen molar-refractivity contribution >= 4 is 39.4 Å². The summed E-state index contributed by atoms with van der Waals surface area (Å²) in [5, 5.41) is 2.46. The number of benzene rings is 1. The predicted molar refractivity (Wildman–Crippen MR) is 69.1 cm³/mol. The maximum absolute atomic E-state index is 13.3. The van der Waals surface area contributed by atoms with Crippen LogP contribution in [0.4, 0.5) is 14.9 Å². The second-order valence-corrected chi connectivity index (χ2v) is 5.29. The topological polar surface area (TPSA) is 75.7 Å². The average Bonchev–Trinajstić information content (AvgIpc) is 2.88. The molecule has 20 heavy (non-hydrogen) atoms. The zero-order chi connectivity index (χ0) is 14.4. The van der Waals surface area contributed by atoms with Gasteiger partial charge in [0.1, 0.15) is 11.9 Å². The maximum atomic E-state index is 13.3. The zero-order valence-corrected chi connectivity index (χ0v) is 11.6. The van der Waals surface area contributed by atoms with Crippen LogP contribution < -0.4 is 10.2 Å². The molecule has 0 aromatic heterocycles. The number of ketones is 1. The molecule has 1 unspecified atom stereocenters. The van der Waals surface area contributed by atoms with Crippen LogP contribution in [0.1, 0.15) is 10.4 Å². The predicted octanol–water partition coefficient (Wildman–Crippen LogP) is 1.23. The Labute approximate surface area is 121 Å². The molecule has 1 fully saturated rings. The third kappa shape index (κ3) is 1.96. The summed E-state index contributed by atoms with van der Waals surface area (Å²) >= 11 is 3.15. The normalized spacial score (nSPS) is 21.0. The standard InChI is InChI=1S/C12H8BrFN2O4/c13-8-2-5(14)1-7-9(8)16(11(18)10(7)17)4-6-3-15-12(19)20-6/h1-2,6H,3-4H2,(H,15,19). The molecule has 0 radical (unpaired) electrons. The van der Waals surface area contributed by atoms with Gasteiger partial charge in [0.05, 0.1) is 24.3 Å². The molecule has 2 aliphatic rings. The van der Waals surface area contributed by atoms with Crippen LogP contribution in [0.2, 0.25) is 0 Å². The highest BCUT2D eigenvalue weighted by Gasteiger charge is 2.40. The Balaban J connectivity index is 1.96. The van der Waals surface area contributed by atoms with Crippen molar-refractivity contribution in [3.63, 3.8) is 0 Å². The summed E-state index contributed by atoms with van der Waals surface area (Å²) < 4.78 is 18.6. The number of anilines is 1. The molecule has 1 atom stereocenters. The van der Waals surface area contributed by atoms with E-state index in [1.807, 2.05) is 0 Å². The van der Waals surface area contributed by atoms with E-state index in [0.717, 1.165) is 6.07 Å². The van der Waals surface area contributed by atoms with Gasteiger partial charge in [0.25, 0.3) is 11.7 Å². The molecule has 2 amide bonds. The minimum absolute atomic E-state index is 0.0131. The minimum Gasteiger partial charge on any atom is -0.442 e. The van der Waals surface area contributed by atoms with Crippen LogP contribution in [-0.4, -0.2) is 37.0 Å². The molecule has 3 rings (SSSR count). The highest BCUT2D eigenvalue weighted by Crippen LogP contribution is 2.37. The number of ether oxygens (including phenoxy) is 1. The number of Topliss-reactive ketones (excluding diaryl/α,β-unsaturated/α-hetero) is 1. The van der Waals surface area contributed by atoms with E-state index in [0.29, 0.717) is 10.2 Å². The van der Waals surface area contributed by atoms with Crippen molar-refractivity contribution in [1.82, 2.24) is 5.32 Å². The van der Waals surface area contributed by atoms with Gasteiger partial charge in [-0.25, -0.2) is 9.18 Å². The molecular weight excluding hydrogens is 335 g/mol. The fourth-order valence-electron chi connectivity index (χ4n) is 2.26. The lowest BCUT2D eigenvalue weighted by Crippen LogP contribution is -2.38. The molecule has 1 aromatic rings. The smallest absolute Gasteiger partial charge is 0.407 e. The zero-order valence-electron chi connectivity index (χ0n) is 9.98. The second kappa shape index (κ2) is 4.55. The molecule has 2 heterocycles. The fraction of sp³-hybridized carbons (Fsp3) is 0.250. The fourth-order valence-corrected chi connectivity index (χ4v) is 2.91. The molecule has 1 aromatic carbocycles. The molecule has 1 saturated heterocycles. The Hall–Kier alpha value is -1.96. The highest BCUT2D eigenvalue weighted by atomic mass is 79.9. The average molecular weight is 343 g/mol. The molecule has 8 heteroatoms. The van der Waals surface area contributed by atoms with Gasteiger partial charge in [-0.15, -0.1) is 0 Å². The van der Waals surface area contributed by atoms with Crippen LogP contribution in [0.3, 0.4) is 0 Å². The molecule has 1 N–H and O–H groups in total. The molecule has 0 saturated carbocycles. The van der Waals surface area contributed by atoms with Crippen LogP contribution in [0.15, 0.2) is 16.6 Å². The lowest BCUT2D eigenvalue weighted by Gasteiger charge is -2.20. The maximum Gasteiger partial charge on any atom is 0.407 e. The summed E-state index contributed by atoms with van der Waals surface area (Å²) in [7, 11) is 0. The van der Waals surface area contributed by atoms with Crippen LogP contribution >= 0.6 is 15.9 Å². The first-order valence-electron chi connectivity index (χ1n) is 5.77. The second-order valence-electron chi connectivity index (χ2n) is 4.44. The number of hydrogen-bond acceptors (Lipinski definition) is 4. The Morgan fingerprint density at radius 2 is 2.15 bits per heavy atom. The Morgan fingerprint density at radius 1 is 1.40 bits per heavy atom. The van der Waals surface area contributed by atoms with Crippen LogP contribution in [0, 0.1) is 5.82 Å². The number of hydrogen-bond donors (Lipinski definition) is 1. The van der Waals surface area contributed by atoms with Gasteiger partial charge in [0.15, 0.2) is 0 Å². The number of carbonyl (C=O) groups is 3. The van der Waals surface area contributed by atoms with Gasteiger partial charge < -0.3 is 10.1 Å². The van der Waals surface area contributed by atoms with E-state index in [9.17, 15) is 18.8 Å². The van der Waals surface area contributed by atoms with Crippen LogP contribution in [-0.2, 0) is 9.53 Å².